The Labute approximate surface area is 93.5 Å². The fourth-order valence-corrected chi connectivity index (χ4v) is 1.71. The zero-order valence-corrected chi connectivity index (χ0v) is 9.54. The quantitative estimate of drug-likeness (QED) is 0.680. The Morgan fingerprint density at radius 3 is 2.50 bits per heavy atom. The van der Waals surface area contributed by atoms with Crippen molar-refractivity contribution < 1.29 is 24.3 Å². The predicted molar refractivity (Wildman–Crippen MR) is 53.7 cm³/mol. The van der Waals surface area contributed by atoms with Crippen LogP contribution in [-0.2, 0) is 14.4 Å². The summed E-state index contributed by atoms with van der Waals surface area (Å²) in [5, 5.41) is 9.99. The van der Waals surface area contributed by atoms with Crippen LogP contribution < -0.4 is 0 Å². The summed E-state index contributed by atoms with van der Waals surface area (Å²) in [7, 11) is 4.30. The van der Waals surface area contributed by atoms with Crippen molar-refractivity contribution in [1.82, 2.24) is 9.96 Å². The van der Waals surface area contributed by atoms with E-state index in [0.717, 1.165) is 9.96 Å². The summed E-state index contributed by atoms with van der Waals surface area (Å²) >= 11 is 0. The molecule has 0 spiro atoms. The minimum absolute atomic E-state index is 0.208. The van der Waals surface area contributed by atoms with E-state index in [4.69, 9.17) is 14.7 Å². The third-order valence-corrected chi connectivity index (χ3v) is 2.71. The summed E-state index contributed by atoms with van der Waals surface area (Å²) in [5.74, 6) is -0.385. The van der Waals surface area contributed by atoms with Gasteiger partial charge in [0.25, 0.3) is 5.91 Å². The van der Waals surface area contributed by atoms with Crippen molar-refractivity contribution in [3.63, 3.8) is 0 Å². The molecule has 1 saturated heterocycles. The number of likely N-dealkylation sites (N-methyl/N-ethyl adjacent to an activating group) is 1. The fraction of sp³-hybridized carbons (Fsp3) is 0.778. The molecule has 2 atom stereocenters. The Morgan fingerprint density at radius 1 is 1.44 bits per heavy atom. The molecular formula is C9H16N2O5. The van der Waals surface area contributed by atoms with E-state index in [0.29, 0.717) is 6.42 Å². The van der Waals surface area contributed by atoms with Crippen molar-refractivity contribution in [1.29, 1.82) is 0 Å². The topological polar surface area (TPSA) is 79.3 Å². The Balaban J connectivity index is 2.76. The molecular weight excluding hydrogens is 216 g/mol. The van der Waals surface area contributed by atoms with Crippen molar-refractivity contribution in [2.24, 2.45) is 0 Å². The lowest BCUT2D eigenvalue weighted by molar-refractivity contribution is -0.173. The maximum absolute atomic E-state index is 11.8. The number of likely N-dealkylation sites (tertiary alicyclic amines) is 1. The zero-order valence-electron chi connectivity index (χ0n) is 9.54. The number of rotatable bonds is 3. The van der Waals surface area contributed by atoms with Gasteiger partial charge in [0.05, 0.1) is 19.8 Å². The van der Waals surface area contributed by atoms with E-state index in [1.165, 1.54) is 21.3 Å². The number of hydrogen-bond acceptors (Lipinski definition) is 4. The Kier molecular flexibility index (Phi) is 4.08. The van der Waals surface area contributed by atoms with E-state index in [1.807, 2.05) is 0 Å². The molecule has 0 aromatic carbocycles. The summed E-state index contributed by atoms with van der Waals surface area (Å²) in [6, 6.07) is -0.729. The van der Waals surface area contributed by atoms with Gasteiger partial charge >= 0.3 is 6.09 Å². The van der Waals surface area contributed by atoms with Gasteiger partial charge in [-0.05, 0) is 0 Å². The maximum atomic E-state index is 11.8. The van der Waals surface area contributed by atoms with E-state index in [9.17, 15) is 9.59 Å². The summed E-state index contributed by atoms with van der Waals surface area (Å²) in [4.78, 5) is 28.6. The van der Waals surface area contributed by atoms with Crippen molar-refractivity contribution in [2.75, 3.05) is 27.8 Å². The Bertz CT molecular complexity index is 283. The third kappa shape index (κ3) is 2.42. The highest BCUT2D eigenvalue weighted by molar-refractivity contribution is 5.85. The number of nitrogens with zero attached hydrogens (tertiary/aromatic N) is 2. The lowest BCUT2D eigenvalue weighted by atomic mass is 10.2. The molecule has 0 aromatic heterocycles. The van der Waals surface area contributed by atoms with Crippen LogP contribution in [0.1, 0.15) is 6.42 Å². The molecule has 1 heterocycles. The molecule has 1 fully saturated rings. The molecule has 0 aromatic rings. The second kappa shape index (κ2) is 5.13. The van der Waals surface area contributed by atoms with Crippen LogP contribution in [0, 0.1) is 0 Å². The minimum atomic E-state index is -1.12. The molecule has 7 heteroatoms. The van der Waals surface area contributed by atoms with Gasteiger partial charge in [0, 0.05) is 20.6 Å². The predicted octanol–water partition coefficient (Wildman–Crippen LogP) is -0.226. The number of carboxylic acid groups (broad SMARTS) is 1. The smallest absolute Gasteiger partial charge is 0.408 e. The van der Waals surface area contributed by atoms with Gasteiger partial charge < -0.3 is 9.84 Å². The van der Waals surface area contributed by atoms with Crippen molar-refractivity contribution in [2.45, 2.75) is 18.6 Å². The van der Waals surface area contributed by atoms with Gasteiger partial charge in [0.15, 0.2) is 0 Å². The first-order chi connectivity index (χ1) is 7.51. The molecule has 0 radical (unpaired) electrons. The van der Waals surface area contributed by atoms with E-state index in [-0.39, 0.29) is 18.6 Å². The molecule has 7 nitrogen and oxygen atoms in total. The number of hydroxylamine groups is 2. The van der Waals surface area contributed by atoms with Crippen LogP contribution in [-0.4, -0.2) is 67.0 Å². The first kappa shape index (κ1) is 12.7. The van der Waals surface area contributed by atoms with E-state index >= 15 is 0 Å². The maximum Gasteiger partial charge on any atom is 0.408 e. The summed E-state index contributed by atoms with van der Waals surface area (Å²) in [6.07, 6.45) is -1.01. The average Bonchev–Trinajstić information content (AvgIpc) is 2.71. The lowest BCUT2D eigenvalue weighted by Gasteiger charge is -2.23. The highest BCUT2D eigenvalue weighted by Gasteiger charge is 2.41. The van der Waals surface area contributed by atoms with Crippen LogP contribution in [0.25, 0.3) is 0 Å². The summed E-state index contributed by atoms with van der Waals surface area (Å²) in [6.45, 7) is 0.208. The molecule has 92 valence electrons. The van der Waals surface area contributed by atoms with Gasteiger partial charge in [-0.15, -0.1) is 0 Å². The van der Waals surface area contributed by atoms with Crippen LogP contribution in [0.3, 0.4) is 0 Å². The minimum Gasteiger partial charge on any atom is -0.465 e. The second-order valence-electron chi connectivity index (χ2n) is 3.56. The van der Waals surface area contributed by atoms with E-state index < -0.39 is 12.1 Å². The lowest BCUT2D eigenvalue weighted by Crippen LogP contribution is -2.45. The molecule has 1 N–H and O–H groups in total. The SMILES string of the molecule is CO[C@H]1C[C@@H](C(=O)N(C)OC)N(C(=O)O)C1. The van der Waals surface area contributed by atoms with Crippen molar-refractivity contribution >= 4 is 12.0 Å². The van der Waals surface area contributed by atoms with E-state index in [1.54, 1.807) is 0 Å². The van der Waals surface area contributed by atoms with Crippen LogP contribution >= 0.6 is 0 Å². The molecule has 1 aliphatic heterocycles. The average molecular weight is 232 g/mol. The molecule has 0 bridgehead atoms. The zero-order chi connectivity index (χ0) is 12.3. The number of hydrogen-bond donors (Lipinski definition) is 1. The third-order valence-electron chi connectivity index (χ3n) is 2.71. The van der Waals surface area contributed by atoms with Gasteiger partial charge in [-0.25, -0.2) is 9.86 Å². The molecule has 0 aliphatic carbocycles. The molecule has 16 heavy (non-hydrogen) atoms. The van der Waals surface area contributed by atoms with Crippen LogP contribution in [0.2, 0.25) is 0 Å². The van der Waals surface area contributed by atoms with Crippen LogP contribution in [0.4, 0.5) is 4.79 Å². The monoisotopic (exact) mass is 232 g/mol. The first-order valence-electron chi connectivity index (χ1n) is 4.85. The van der Waals surface area contributed by atoms with Gasteiger partial charge in [0.2, 0.25) is 0 Å². The van der Waals surface area contributed by atoms with Gasteiger partial charge in [-0.1, -0.05) is 0 Å². The molecule has 0 unspecified atom stereocenters. The van der Waals surface area contributed by atoms with Crippen molar-refractivity contribution in [3.8, 4) is 0 Å². The van der Waals surface area contributed by atoms with E-state index in [2.05, 4.69) is 0 Å². The van der Waals surface area contributed by atoms with Gasteiger partial charge in [0.1, 0.15) is 6.04 Å². The number of amides is 2. The summed E-state index contributed by atoms with van der Waals surface area (Å²) < 4.78 is 5.07. The number of methoxy groups -OCH3 is 1. The van der Waals surface area contributed by atoms with Crippen molar-refractivity contribution in [3.05, 3.63) is 0 Å². The van der Waals surface area contributed by atoms with Gasteiger partial charge in [-0.2, -0.15) is 0 Å². The molecule has 0 saturated carbocycles. The number of ether oxygens (including phenoxy) is 1. The Morgan fingerprint density at radius 2 is 2.06 bits per heavy atom. The highest BCUT2D eigenvalue weighted by Crippen LogP contribution is 2.21. The largest absolute Gasteiger partial charge is 0.465 e. The number of carbonyl (C=O) groups is 2. The molecule has 1 aliphatic rings. The standard InChI is InChI=1S/C9H16N2O5/c1-10(16-3)8(12)7-4-6(15-2)5-11(7)9(13)14/h6-7H,4-5H2,1-3H3,(H,13,14)/t6-,7-/m0/s1. The van der Waals surface area contributed by atoms with Crippen LogP contribution in [0.5, 0.6) is 0 Å². The molecule has 2 amide bonds. The first-order valence-corrected chi connectivity index (χ1v) is 4.85. The highest BCUT2D eigenvalue weighted by atomic mass is 16.7. The normalized spacial score (nSPS) is 24.6. The Hall–Kier alpha value is -1.34. The van der Waals surface area contributed by atoms with Crippen LogP contribution in [0.15, 0.2) is 0 Å². The molecule has 1 rings (SSSR count). The number of carbonyl (C=O) groups excluding carboxylic acids is 1. The van der Waals surface area contributed by atoms with Gasteiger partial charge in [-0.3, -0.25) is 14.5 Å². The fourth-order valence-electron chi connectivity index (χ4n) is 1.71. The summed E-state index contributed by atoms with van der Waals surface area (Å²) in [5.41, 5.74) is 0. The second-order valence-corrected chi connectivity index (χ2v) is 3.56.